The predicted octanol–water partition coefficient (Wildman–Crippen LogP) is 6.19. The largest absolute Gasteiger partial charge is 0.395 e. The summed E-state index contributed by atoms with van der Waals surface area (Å²) in [6.45, 7) is 0.483. The van der Waals surface area contributed by atoms with Crippen LogP contribution in [0.2, 0.25) is 0 Å². The molecule has 3 unspecified atom stereocenters. The molecule has 1 aliphatic heterocycles. The van der Waals surface area contributed by atoms with E-state index in [1.165, 1.54) is 24.3 Å². The summed E-state index contributed by atoms with van der Waals surface area (Å²) < 4.78 is 38.1. The van der Waals surface area contributed by atoms with Crippen molar-refractivity contribution >= 4 is 31.6 Å². The molecule has 52 heavy (non-hydrogen) atoms. The number of para-hydroxylation sites is 1. The van der Waals surface area contributed by atoms with Crippen LogP contribution in [-0.4, -0.2) is 67.8 Å². The maximum atomic E-state index is 13.6. The first kappa shape index (κ1) is 37.5. The van der Waals surface area contributed by atoms with Crippen molar-refractivity contribution in [3.05, 3.63) is 176 Å². The zero-order chi connectivity index (χ0) is 36.7. The molecule has 5 aromatic rings. The highest BCUT2D eigenvalue weighted by molar-refractivity contribution is 9.10. The Kier molecular flexibility index (Phi) is 12.0. The molecule has 4 N–H and O–H groups in total. The van der Waals surface area contributed by atoms with Gasteiger partial charge in [-0.2, -0.15) is 0 Å². The fraction of sp³-hybridized carbons (Fsp3) is 0.250. The third-order valence-corrected chi connectivity index (χ3v) is 11.8. The van der Waals surface area contributed by atoms with Crippen LogP contribution < -0.4 is 10.5 Å². The van der Waals surface area contributed by atoms with Gasteiger partial charge in [0.1, 0.15) is 5.60 Å². The standard InChI is InChI=1S/C40H41BrN4O6S/c41-33-22-20-29(21-23-33)39-36(26-43-52(49,50)38-19-11-10-18-35(38)45(47)48)44(25-24-34(42)27-46)37(39)28-51-40(30-12-4-1-5-13-30,31-14-6-2-7-15-31)32-16-8-3-9-17-32/h1-23,34,36-37,39,43,46H,24-28,42H2/t34-,36?,37?,39?/m1/s1. The molecule has 6 rings (SSSR count). The number of aliphatic hydroxyl groups excluding tert-OH is 1. The molecule has 1 aliphatic rings. The highest BCUT2D eigenvalue weighted by Crippen LogP contribution is 2.45. The Morgan fingerprint density at radius 1 is 0.827 bits per heavy atom. The second-order valence-corrected chi connectivity index (χ2v) is 15.5. The molecular weight excluding hydrogens is 744 g/mol. The molecule has 1 saturated heterocycles. The van der Waals surface area contributed by atoms with Gasteiger partial charge in [0.2, 0.25) is 10.0 Å². The van der Waals surface area contributed by atoms with Gasteiger partial charge >= 0.3 is 0 Å². The van der Waals surface area contributed by atoms with Gasteiger partial charge < -0.3 is 15.6 Å². The van der Waals surface area contributed by atoms with Crippen molar-refractivity contribution in [2.45, 2.75) is 41.0 Å². The third kappa shape index (κ3) is 7.88. The fourth-order valence-electron chi connectivity index (χ4n) is 7.21. The number of hydrogen-bond acceptors (Lipinski definition) is 8. The second-order valence-electron chi connectivity index (χ2n) is 12.8. The van der Waals surface area contributed by atoms with Crippen molar-refractivity contribution in [3.63, 3.8) is 0 Å². The first-order chi connectivity index (χ1) is 25.2. The van der Waals surface area contributed by atoms with E-state index in [-0.39, 0.29) is 37.8 Å². The van der Waals surface area contributed by atoms with Gasteiger partial charge in [-0.1, -0.05) is 131 Å². The van der Waals surface area contributed by atoms with Gasteiger partial charge in [-0.25, -0.2) is 13.1 Å². The SMILES string of the molecule is N[C@@H](CO)CCN1C(CNS(=O)(=O)c2ccccc2[N+](=O)[O-])C(c2ccc(Br)cc2)C1COC(c1ccccc1)(c1ccccc1)c1ccccc1. The number of nitro benzene ring substituents is 1. The average molecular weight is 786 g/mol. The van der Waals surface area contributed by atoms with Crippen molar-refractivity contribution in [1.29, 1.82) is 0 Å². The van der Waals surface area contributed by atoms with Gasteiger partial charge in [-0.05, 0) is 46.9 Å². The number of sulfonamides is 1. The summed E-state index contributed by atoms with van der Waals surface area (Å²) >= 11 is 3.54. The summed E-state index contributed by atoms with van der Waals surface area (Å²) in [7, 11) is -4.26. The summed E-state index contributed by atoms with van der Waals surface area (Å²) in [5.74, 6) is -0.202. The number of nitrogens with zero attached hydrogens (tertiary/aromatic N) is 2. The van der Waals surface area contributed by atoms with Crippen molar-refractivity contribution in [3.8, 4) is 0 Å². The summed E-state index contributed by atoms with van der Waals surface area (Å²) in [6, 6.07) is 42.4. The van der Waals surface area contributed by atoms with Crippen LogP contribution in [0.5, 0.6) is 0 Å². The second kappa shape index (κ2) is 16.6. The number of nitrogens with two attached hydrogens (primary N) is 1. The molecule has 0 spiro atoms. The number of halogens is 1. The van der Waals surface area contributed by atoms with Crippen molar-refractivity contribution in [2.24, 2.45) is 5.73 Å². The maximum Gasteiger partial charge on any atom is 0.289 e. The Labute approximate surface area is 312 Å². The Hall–Kier alpha value is -4.27. The minimum Gasteiger partial charge on any atom is -0.395 e. The zero-order valence-electron chi connectivity index (χ0n) is 28.4. The van der Waals surface area contributed by atoms with Crippen LogP contribution in [0, 0.1) is 10.1 Å². The van der Waals surface area contributed by atoms with Crippen molar-refractivity contribution in [1.82, 2.24) is 9.62 Å². The highest BCUT2D eigenvalue weighted by atomic mass is 79.9. The Bertz CT molecular complexity index is 1940. The molecule has 0 aromatic heterocycles. The molecule has 0 amide bonds. The number of ether oxygens (including phenoxy) is 1. The molecule has 1 fully saturated rings. The summed E-state index contributed by atoms with van der Waals surface area (Å²) in [4.78, 5) is 12.8. The predicted molar refractivity (Wildman–Crippen MR) is 204 cm³/mol. The lowest BCUT2D eigenvalue weighted by Gasteiger charge is -2.56. The molecule has 1 heterocycles. The minimum atomic E-state index is -4.26. The highest BCUT2D eigenvalue weighted by Gasteiger charge is 2.50. The van der Waals surface area contributed by atoms with E-state index in [2.05, 4.69) is 62.0 Å². The van der Waals surface area contributed by atoms with E-state index in [1.54, 1.807) is 0 Å². The van der Waals surface area contributed by atoms with E-state index >= 15 is 0 Å². The number of aliphatic hydroxyl groups is 1. The third-order valence-electron chi connectivity index (χ3n) is 9.77. The summed E-state index contributed by atoms with van der Waals surface area (Å²) in [5.41, 5.74) is 8.56. The van der Waals surface area contributed by atoms with Crippen LogP contribution in [0.25, 0.3) is 0 Å². The van der Waals surface area contributed by atoms with Crippen LogP contribution >= 0.6 is 15.9 Å². The minimum absolute atomic E-state index is 0.0266. The first-order valence-electron chi connectivity index (χ1n) is 17.1. The Balaban J connectivity index is 1.40. The number of nitro groups is 1. The Morgan fingerprint density at radius 3 is 1.87 bits per heavy atom. The lowest BCUT2D eigenvalue weighted by molar-refractivity contribution is -0.387. The lowest BCUT2D eigenvalue weighted by Crippen LogP contribution is -2.67. The van der Waals surface area contributed by atoms with Crippen LogP contribution in [0.4, 0.5) is 5.69 Å². The number of hydrogen-bond donors (Lipinski definition) is 3. The molecule has 12 heteroatoms. The normalized spacial score (nSPS) is 18.4. The molecule has 0 radical (unpaired) electrons. The molecule has 0 saturated carbocycles. The number of nitrogens with one attached hydrogen (secondary N) is 1. The van der Waals surface area contributed by atoms with E-state index in [9.17, 15) is 23.6 Å². The van der Waals surface area contributed by atoms with Crippen molar-refractivity contribution < 1.29 is 23.2 Å². The monoisotopic (exact) mass is 784 g/mol. The van der Waals surface area contributed by atoms with Crippen LogP contribution in [0.15, 0.2) is 149 Å². The van der Waals surface area contributed by atoms with Gasteiger partial charge in [0, 0.05) is 47.7 Å². The fourth-order valence-corrected chi connectivity index (χ4v) is 8.70. The molecule has 10 nitrogen and oxygen atoms in total. The average Bonchev–Trinajstić information content (AvgIpc) is 3.17. The van der Waals surface area contributed by atoms with E-state index in [4.69, 9.17) is 10.5 Å². The summed E-state index contributed by atoms with van der Waals surface area (Å²) in [5, 5.41) is 21.5. The molecule has 4 atom stereocenters. The lowest BCUT2D eigenvalue weighted by atomic mass is 9.74. The zero-order valence-corrected chi connectivity index (χ0v) is 30.8. The van der Waals surface area contributed by atoms with Gasteiger partial charge in [0.05, 0.1) is 18.1 Å². The first-order valence-corrected chi connectivity index (χ1v) is 19.3. The molecule has 270 valence electrons. The van der Waals surface area contributed by atoms with Crippen LogP contribution in [-0.2, 0) is 20.4 Å². The molecule has 0 aliphatic carbocycles. The van der Waals surface area contributed by atoms with Gasteiger partial charge in [-0.3, -0.25) is 15.0 Å². The number of benzene rings is 5. The van der Waals surface area contributed by atoms with Crippen molar-refractivity contribution in [2.75, 3.05) is 26.3 Å². The maximum absolute atomic E-state index is 13.6. The van der Waals surface area contributed by atoms with E-state index < -0.39 is 37.2 Å². The topological polar surface area (TPSA) is 148 Å². The van der Waals surface area contributed by atoms with E-state index in [1.807, 2.05) is 78.9 Å². The quantitative estimate of drug-likeness (QED) is 0.0610. The van der Waals surface area contributed by atoms with Crippen LogP contribution in [0.3, 0.4) is 0 Å². The Morgan fingerprint density at radius 2 is 1.35 bits per heavy atom. The number of likely N-dealkylation sites (tertiary alicyclic amines) is 1. The van der Waals surface area contributed by atoms with Gasteiger partial charge in [-0.15, -0.1) is 0 Å². The van der Waals surface area contributed by atoms with Crippen LogP contribution in [0.1, 0.15) is 34.6 Å². The molecule has 5 aromatic carbocycles. The van der Waals surface area contributed by atoms with E-state index in [0.717, 1.165) is 26.7 Å². The van der Waals surface area contributed by atoms with Gasteiger partial charge in [0.15, 0.2) is 4.90 Å². The molecular formula is C40H41BrN4O6S. The summed E-state index contributed by atoms with van der Waals surface area (Å²) in [6.07, 6.45) is 0.453. The van der Waals surface area contributed by atoms with Gasteiger partial charge in [0.25, 0.3) is 5.69 Å². The molecule has 0 bridgehead atoms. The smallest absolute Gasteiger partial charge is 0.289 e. The van der Waals surface area contributed by atoms with E-state index in [0.29, 0.717) is 13.0 Å². The number of rotatable bonds is 16.